The fraction of sp³-hybridized carbons (Fsp3) is 0. The van der Waals surface area contributed by atoms with Gasteiger partial charge < -0.3 is 29.5 Å². The van der Waals surface area contributed by atoms with Gasteiger partial charge >= 0.3 is 35.8 Å². The Kier molecular flexibility index (Phi) is 9.72. The first-order chi connectivity index (χ1) is 21.2. The van der Waals surface area contributed by atoms with E-state index >= 15 is 0 Å². The van der Waals surface area contributed by atoms with Gasteiger partial charge in [-0.15, -0.1) is 0 Å². The summed E-state index contributed by atoms with van der Waals surface area (Å²) in [7, 11) is 0. The standard InChI is InChI=1S/C30H15Cl3O12/c31-19-10-13(25(34)35)1-4-22(19)43-28(40)16-7-17(29(41)44-23-5-2-14(26(36)37)11-20(23)32)9-18(8-16)30(42)45-24-6-3-15(27(38)39)12-21(24)33/h1-12H,(H,34,35)(H,36,37)(H,38,39). The molecule has 0 amide bonds. The van der Waals surface area contributed by atoms with E-state index in [0.717, 1.165) is 72.8 Å². The summed E-state index contributed by atoms with van der Waals surface area (Å²) >= 11 is 18.2. The summed E-state index contributed by atoms with van der Waals surface area (Å²) in [6.45, 7) is 0. The van der Waals surface area contributed by atoms with Gasteiger partial charge in [0, 0.05) is 0 Å². The second kappa shape index (κ2) is 13.5. The molecule has 4 aromatic rings. The number of rotatable bonds is 9. The third kappa shape index (κ3) is 7.75. The highest BCUT2D eigenvalue weighted by Crippen LogP contribution is 2.30. The molecular weight excluding hydrogens is 659 g/mol. The van der Waals surface area contributed by atoms with Crippen molar-refractivity contribution in [1.82, 2.24) is 0 Å². The minimum absolute atomic E-state index is 0.181. The van der Waals surface area contributed by atoms with E-state index < -0.39 is 35.8 Å². The molecule has 0 bridgehead atoms. The molecule has 0 aromatic heterocycles. The highest BCUT2D eigenvalue weighted by molar-refractivity contribution is 6.33. The summed E-state index contributed by atoms with van der Waals surface area (Å²) < 4.78 is 15.8. The van der Waals surface area contributed by atoms with Gasteiger partial charge in [0.05, 0.1) is 48.4 Å². The van der Waals surface area contributed by atoms with Crippen LogP contribution in [0.25, 0.3) is 0 Å². The van der Waals surface area contributed by atoms with Crippen LogP contribution in [-0.2, 0) is 0 Å². The number of esters is 3. The van der Waals surface area contributed by atoms with E-state index in [1.54, 1.807) is 0 Å². The Labute approximate surface area is 266 Å². The first-order valence-electron chi connectivity index (χ1n) is 12.1. The van der Waals surface area contributed by atoms with Crippen molar-refractivity contribution >= 4 is 70.6 Å². The van der Waals surface area contributed by atoms with E-state index in [0.29, 0.717) is 0 Å². The quantitative estimate of drug-likeness (QED) is 0.131. The smallest absolute Gasteiger partial charge is 0.343 e. The maximum Gasteiger partial charge on any atom is 0.343 e. The number of halogens is 3. The van der Waals surface area contributed by atoms with Gasteiger partial charge in [0.2, 0.25) is 0 Å². The normalized spacial score (nSPS) is 10.5. The van der Waals surface area contributed by atoms with Crippen molar-refractivity contribution in [2.45, 2.75) is 0 Å². The van der Waals surface area contributed by atoms with E-state index in [-0.39, 0.29) is 65.7 Å². The Morgan fingerprint density at radius 3 is 0.844 bits per heavy atom. The molecule has 0 saturated carbocycles. The van der Waals surface area contributed by atoms with Crippen LogP contribution in [0.4, 0.5) is 0 Å². The van der Waals surface area contributed by atoms with Gasteiger partial charge in [0.1, 0.15) is 17.2 Å². The van der Waals surface area contributed by atoms with Crippen molar-refractivity contribution < 1.29 is 58.3 Å². The Hall–Kier alpha value is -5.43. The minimum atomic E-state index is -1.28. The summed E-state index contributed by atoms with van der Waals surface area (Å²) in [6.07, 6.45) is 0. The number of carboxylic acids is 3. The van der Waals surface area contributed by atoms with Crippen LogP contribution in [0.2, 0.25) is 15.1 Å². The van der Waals surface area contributed by atoms with Gasteiger partial charge in [-0.1, -0.05) is 34.8 Å². The summed E-state index contributed by atoms with van der Waals surface area (Å²) in [5.74, 6) is -7.93. The van der Waals surface area contributed by atoms with Crippen molar-refractivity contribution in [1.29, 1.82) is 0 Å². The van der Waals surface area contributed by atoms with Crippen molar-refractivity contribution in [2.24, 2.45) is 0 Å². The number of carbonyl (C=O) groups is 6. The maximum atomic E-state index is 13.1. The lowest BCUT2D eigenvalue weighted by Crippen LogP contribution is -2.17. The number of hydrogen-bond donors (Lipinski definition) is 3. The molecule has 0 spiro atoms. The molecule has 0 saturated heterocycles. The molecule has 228 valence electrons. The van der Waals surface area contributed by atoms with Crippen LogP contribution < -0.4 is 14.2 Å². The van der Waals surface area contributed by atoms with E-state index in [2.05, 4.69) is 0 Å². The zero-order chi connectivity index (χ0) is 33.0. The molecule has 0 aliphatic carbocycles. The summed E-state index contributed by atoms with van der Waals surface area (Å²) in [5.41, 5.74) is -1.68. The van der Waals surface area contributed by atoms with Crippen LogP contribution in [0.5, 0.6) is 17.2 Å². The minimum Gasteiger partial charge on any atom is -0.478 e. The predicted octanol–water partition coefficient (Wildman–Crippen LogP) is 6.40. The highest BCUT2D eigenvalue weighted by atomic mass is 35.5. The average Bonchev–Trinajstić information content (AvgIpc) is 2.99. The molecule has 0 unspecified atom stereocenters. The van der Waals surface area contributed by atoms with E-state index in [1.807, 2.05) is 0 Å². The van der Waals surface area contributed by atoms with Crippen molar-refractivity contribution in [2.75, 3.05) is 0 Å². The van der Waals surface area contributed by atoms with Crippen LogP contribution in [0.1, 0.15) is 62.1 Å². The molecule has 45 heavy (non-hydrogen) atoms. The first kappa shape index (κ1) is 32.5. The lowest BCUT2D eigenvalue weighted by atomic mass is 10.1. The second-order valence-electron chi connectivity index (χ2n) is 8.82. The molecule has 15 heteroatoms. The Morgan fingerprint density at radius 2 is 0.644 bits per heavy atom. The lowest BCUT2D eigenvalue weighted by molar-refractivity contribution is 0.0685. The molecule has 4 aromatic carbocycles. The topological polar surface area (TPSA) is 191 Å². The Bertz CT molecular complexity index is 1690. The first-order valence-corrected chi connectivity index (χ1v) is 13.3. The zero-order valence-corrected chi connectivity index (χ0v) is 24.3. The molecule has 0 aliphatic rings. The SMILES string of the molecule is O=C(O)c1ccc(OC(=O)c2cc(C(=O)Oc3ccc(C(=O)O)cc3Cl)cc(C(=O)Oc3ccc(C(=O)O)cc3Cl)c2)c(Cl)c1. The fourth-order valence-electron chi connectivity index (χ4n) is 3.61. The van der Waals surface area contributed by atoms with Crippen molar-refractivity contribution in [3.05, 3.63) is 121 Å². The molecule has 12 nitrogen and oxygen atoms in total. The van der Waals surface area contributed by atoms with Crippen LogP contribution in [-0.4, -0.2) is 51.1 Å². The third-order valence-corrected chi connectivity index (χ3v) is 6.67. The molecular formula is C30H15Cl3O12. The molecule has 4 rings (SSSR count). The van der Waals surface area contributed by atoms with Gasteiger partial charge in [-0.05, 0) is 72.8 Å². The lowest BCUT2D eigenvalue weighted by Gasteiger charge is -2.12. The monoisotopic (exact) mass is 672 g/mol. The van der Waals surface area contributed by atoms with Crippen LogP contribution in [0, 0.1) is 0 Å². The number of aromatic carboxylic acids is 3. The van der Waals surface area contributed by atoms with Gasteiger partial charge in [0.25, 0.3) is 0 Å². The van der Waals surface area contributed by atoms with Crippen LogP contribution >= 0.6 is 34.8 Å². The number of benzene rings is 4. The maximum absolute atomic E-state index is 13.1. The Balaban J connectivity index is 1.70. The third-order valence-electron chi connectivity index (χ3n) is 5.78. The van der Waals surface area contributed by atoms with Gasteiger partial charge in [-0.3, -0.25) is 0 Å². The Morgan fingerprint density at radius 1 is 0.400 bits per heavy atom. The van der Waals surface area contributed by atoms with E-state index in [4.69, 9.17) is 64.3 Å². The van der Waals surface area contributed by atoms with Gasteiger partial charge in [0.15, 0.2) is 0 Å². The van der Waals surface area contributed by atoms with Gasteiger partial charge in [-0.25, -0.2) is 28.8 Å². The van der Waals surface area contributed by atoms with E-state index in [9.17, 15) is 28.8 Å². The van der Waals surface area contributed by atoms with Crippen molar-refractivity contribution in [3.63, 3.8) is 0 Å². The summed E-state index contributed by atoms with van der Waals surface area (Å²) in [5, 5.41) is 26.7. The second-order valence-corrected chi connectivity index (χ2v) is 10.0. The fourth-order valence-corrected chi connectivity index (χ4v) is 4.26. The van der Waals surface area contributed by atoms with Crippen LogP contribution in [0.15, 0.2) is 72.8 Å². The molecule has 0 heterocycles. The summed E-state index contributed by atoms with van der Waals surface area (Å²) in [6, 6.07) is 12.9. The molecule has 0 aliphatic heterocycles. The molecule has 3 N–H and O–H groups in total. The van der Waals surface area contributed by atoms with Crippen LogP contribution in [0.3, 0.4) is 0 Å². The number of carboxylic acid groups (broad SMARTS) is 3. The van der Waals surface area contributed by atoms with Crippen molar-refractivity contribution in [3.8, 4) is 17.2 Å². The number of ether oxygens (including phenoxy) is 3. The number of carbonyl (C=O) groups excluding carboxylic acids is 3. The molecule has 0 radical (unpaired) electrons. The molecule has 0 fully saturated rings. The molecule has 0 atom stereocenters. The highest BCUT2D eigenvalue weighted by Gasteiger charge is 2.23. The zero-order valence-electron chi connectivity index (χ0n) is 22.1. The number of hydrogen-bond acceptors (Lipinski definition) is 9. The summed E-state index contributed by atoms with van der Waals surface area (Å²) in [4.78, 5) is 72.9. The average molecular weight is 674 g/mol. The van der Waals surface area contributed by atoms with E-state index in [1.165, 1.54) is 0 Å². The van der Waals surface area contributed by atoms with Gasteiger partial charge in [-0.2, -0.15) is 0 Å². The predicted molar refractivity (Wildman–Crippen MR) is 157 cm³/mol. The largest absolute Gasteiger partial charge is 0.478 e.